The smallest absolute Gasteiger partial charge is 0.157 e. The average molecular weight is 428 g/mol. The number of benzene rings is 1. The lowest BCUT2D eigenvalue weighted by atomic mass is 9.87. The Morgan fingerprint density at radius 1 is 1.19 bits per heavy atom. The first-order valence-electron chi connectivity index (χ1n) is 11.3. The number of nitrogens with zero attached hydrogens (tertiary/aromatic N) is 6. The van der Waals surface area contributed by atoms with Gasteiger partial charge in [0.2, 0.25) is 0 Å². The molecule has 2 aromatic heterocycles. The number of anilines is 2. The molecule has 4 heterocycles. The molecule has 1 atom stereocenters. The number of rotatable bonds is 4. The second-order valence-corrected chi connectivity index (χ2v) is 9.33. The molecule has 5 rings (SSSR count). The van der Waals surface area contributed by atoms with E-state index in [-0.39, 0.29) is 6.04 Å². The Hall–Kier alpha value is -3.24. The van der Waals surface area contributed by atoms with Crippen LogP contribution < -0.4 is 10.2 Å². The van der Waals surface area contributed by atoms with Crippen LogP contribution in [0.4, 0.5) is 11.6 Å². The minimum absolute atomic E-state index is 0.0143. The highest BCUT2D eigenvalue weighted by Crippen LogP contribution is 2.39. The molecule has 0 saturated carbocycles. The summed E-state index contributed by atoms with van der Waals surface area (Å²) >= 11 is 0. The Bertz CT molecular complexity index is 1220. The van der Waals surface area contributed by atoms with Gasteiger partial charge >= 0.3 is 0 Å². The van der Waals surface area contributed by atoms with Crippen molar-refractivity contribution in [1.29, 1.82) is 5.26 Å². The molecule has 0 radical (unpaired) electrons. The molecule has 7 nitrogen and oxygen atoms in total. The van der Waals surface area contributed by atoms with Crippen LogP contribution in [-0.2, 0) is 0 Å². The van der Waals surface area contributed by atoms with E-state index in [9.17, 15) is 5.26 Å². The highest BCUT2D eigenvalue weighted by atomic mass is 15.4. The van der Waals surface area contributed by atoms with Crippen LogP contribution in [0.3, 0.4) is 0 Å². The summed E-state index contributed by atoms with van der Waals surface area (Å²) < 4.78 is 0. The molecule has 2 saturated heterocycles. The van der Waals surface area contributed by atoms with Crippen molar-refractivity contribution < 1.29 is 0 Å². The zero-order valence-corrected chi connectivity index (χ0v) is 19.2. The molecule has 7 heteroatoms. The van der Waals surface area contributed by atoms with Crippen LogP contribution in [0.5, 0.6) is 0 Å². The van der Waals surface area contributed by atoms with Crippen molar-refractivity contribution in [2.24, 2.45) is 0 Å². The van der Waals surface area contributed by atoms with Crippen molar-refractivity contribution in [3.05, 3.63) is 52.8 Å². The number of aryl methyl sites for hydroxylation is 1. The van der Waals surface area contributed by atoms with E-state index in [0.29, 0.717) is 11.1 Å². The van der Waals surface area contributed by atoms with Gasteiger partial charge in [0.1, 0.15) is 5.82 Å². The van der Waals surface area contributed by atoms with Crippen LogP contribution in [-0.4, -0.2) is 52.3 Å². The third-order valence-electron chi connectivity index (χ3n) is 7.39. The molecule has 2 aliphatic heterocycles. The summed E-state index contributed by atoms with van der Waals surface area (Å²) in [7, 11) is 2.24. The Labute approximate surface area is 189 Å². The summed E-state index contributed by atoms with van der Waals surface area (Å²) in [6.07, 6.45) is 4.47. The second kappa shape index (κ2) is 7.72. The van der Waals surface area contributed by atoms with Crippen LogP contribution in [0.2, 0.25) is 0 Å². The number of nitriles is 1. The maximum atomic E-state index is 9.38. The zero-order valence-electron chi connectivity index (χ0n) is 19.2. The Morgan fingerprint density at radius 3 is 2.72 bits per heavy atom. The van der Waals surface area contributed by atoms with Crippen LogP contribution in [0, 0.1) is 25.2 Å². The maximum Gasteiger partial charge on any atom is 0.157 e. The summed E-state index contributed by atoms with van der Waals surface area (Å²) in [5, 5.41) is 23.8. The van der Waals surface area contributed by atoms with Gasteiger partial charge in [0, 0.05) is 30.1 Å². The number of likely N-dealkylation sites (tertiary alicyclic amines) is 1. The molecular formula is C25H29N7. The minimum Gasteiger partial charge on any atom is -0.362 e. The lowest BCUT2D eigenvalue weighted by molar-refractivity contribution is 0.132. The quantitative estimate of drug-likeness (QED) is 0.675. The molecular weight excluding hydrogens is 398 g/mol. The molecule has 0 aliphatic carbocycles. The van der Waals surface area contributed by atoms with Crippen molar-refractivity contribution in [3.63, 3.8) is 0 Å². The highest BCUT2D eigenvalue weighted by Gasteiger charge is 2.48. The van der Waals surface area contributed by atoms with E-state index in [1.165, 1.54) is 19.4 Å². The molecule has 2 fully saturated rings. The molecule has 0 bridgehead atoms. The van der Waals surface area contributed by atoms with E-state index < -0.39 is 0 Å². The van der Waals surface area contributed by atoms with Crippen molar-refractivity contribution in [2.45, 2.75) is 45.2 Å². The van der Waals surface area contributed by atoms with Gasteiger partial charge in [-0.25, -0.2) is 4.98 Å². The van der Waals surface area contributed by atoms with Crippen LogP contribution in [0.25, 0.3) is 10.8 Å². The standard InChI is InChI=1S/C25H29N7/c1-16-19(12-26)7-5-8-20(16)17(2)28-24-21-11-23(27-13-22(21)18(3)29-30-24)32-14-25(15-32)9-6-10-31(25)4/h5,7-8,11,13,17H,6,9-10,14-15H2,1-4H3,(H,28,30)/t17-/m1/s1. The number of hydrogen-bond acceptors (Lipinski definition) is 7. The Kier molecular flexibility index (Phi) is 4.98. The second-order valence-electron chi connectivity index (χ2n) is 9.33. The van der Waals surface area contributed by atoms with Crippen molar-refractivity contribution in [2.75, 3.05) is 36.9 Å². The summed E-state index contributed by atoms with van der Waals surface area (Å²) in [6, 6.07) is 10.2. The molecule has 0 amide bonds. The predicted molar refractivity (Wildman–Crippen MR) is 127 cm³/mol. The first kappa shape index (κ1) is 20.7. The zero-order chi connectivity index (χ0) is 22.5. The predicted octanol–water partition coefficient (Wildman–Crippen LogP) is 3.97. The van der Waals surface area contributed by atoms with Gasteiger partial charge in [-0.3, -0.25) is 4.90 Å². The molecule has 2 aliphatic rings. The van der Waals surface area contributed by atoms with Gasteiger partial charge < -0.3 is 10.2 Å². The van der Waals surface area contributed by atoms with Crippen molar-refractivity contribution in [3.8, 4) is 6.07 Å². The molecule has 1 spiro atoms. The SMILES string of the molecule is Cc1c(C#N)cccc1[C@@H](C)Nc1nnc(C)c2cnc(N3CC4(CCCN4C)C3)cc12. The third-order valence-corrected chi connectivity index (χ3v) is 7.39. The van der Waals surface area contributed by atoms with Gasteiger partial charge in [0.15, 0.2) is 5.82 Å². The van der Waals surface area contributed by atoms with Gasteiger partial charge in [-0.05, 0) is 70.5 Å². The molecule has 1 aromatic carbocycles. The summed E-state index contributed by atoms with van der Waals surface area (Å²) in [5.41, 5.74) is 3.97. The van der Waals surface area contributed by atoms with E-state index in [4.69, 9.17) is 4.98 Å². The fraction of sp³-hybridized carbons (Fsp3) is 0.440. The Morgan fingerprint density at radius 2 is 2.00 bits per heavy atom. The largest absolute Gasteiger partial charge is 0.362 e. The number of nitrogens with one attached hydrogen (secondary N) is 1. The number of likely N-dealkylation sites (N-methyl/N-ethyl adjacent to an activating group) is 1. The summed E-state index contributed by atoms with van der Waals surface area (Å²) in [6.45, 7) is 9.29. The number of pyridine rings is 1. The van der Waals surface area contributed by atoms with Gasteiger partial charge in [-0.1, -0.05) is 12.1 Å². The normalized spacial score (nSPS) is 18.5. The van der Waals surface area contributed by atoms with E-state index >= 15 is 0 Å². The first-order chi connectivity index (χ1) is 15.4. The lowest BCUT2D eigenvalue weighted by Gasteiger charge is -2.52. The summed E-state index contributed by atoms with van der Waals surface area (Å²) in [4.78, 5) is 9.63. The number of aromatic nitrogens is 3. The van der Waals surface area contributed by atoms with Crippen LogP contribution in [0.1, 0.15) is 48.2 Å². The molecule has 32 heavy (non-hydrogen) atoms. The van der Waals surface area contributed by atoms with Crippen LogP contribution in [0.15, 0.2) is 30.5 Å². The van der Waals surface area contributed by atoms with E-state index in [0.717, 1.165) is 52.3 Å². The van der Waals surface area contributed by atoms with Gasteiger partial charge in [0.05, 0.1) is 28.9 Å². The van der Waals surface area contributed by atoms with Crippen molar-refractivity contribution in [1.82, 2.24) is 20.1 Å². The van der Waals surface area contributed by atoms with E-state index in [1.54, 1.807) is 0 Å². The molecule has 164 valence electrons. The Balaban J connectivity index is 1.45. The highest BCUT2D eigenvalue weighted by molar-refractivity contribution is 5.94. The maximum absolute atomic E-state index is 9.38. The lowest BCUT2D eigenvalue weighted by Crippen LogP contribution is -2.67. The van der Waals surface area contributed by atoms with Crippen LogP contribution >= 0.6 is 0 Å². The summed E-state index contributed by atoms with van der Waals surface area (Å²) in [5.74, 6) is 1.74. The van der Waals surface area contributed by atoms with Gasteiger partial charge in [-0.15, -0.1) is 5.10 Å². The van der Waals surface area contributed by atoms with Gasteiger partial charge in [0.25, 0.3) is 0 Å². The fourth-order valence-electron chi connectivity index (χ4n) is 5.27. The van der Waals surface area contributed by atoms with E-state index in [2.05, 4.69) is 57.5 Å². The third kappa shape index (κ3) is 3.26. The molecule has 0 unspecified atom stereocenters. The van der Waals surface area contributed by atoms with E-state index in [1.807, 2.05) is 32.2 Å². The molecule has 1 N–H and O–H groups in total. The van der Waals surface area contributed by atoms with Crippen molar-refractivity contribution >= 4 is 22.4 Å². The average Bonchev–Trinajstić information content (AvgIpc) is 3.16. The first-order valence-corrected chi connectivity index (χ1v) is 11.3. The fourth-order valence-corrected chi connectivity index (χ4v) is 5.27. The number of hydrogen-bond donors (Lipinski definition) is 1. The monoisotopic (exact) mass is 427 g/mol. The number of fused-ring (bicyclic) bond motifs is 1. The molecule has 3 aromatic rings. The van der Waals surface area contributed by atoms with Gasteiger partial charge in [-0.2, -0.15) is 10.4 Å². The minimum atomic E-state index is -0.0143. The topological polar surface area (TPSA) is 81.0 Å².